The molecule has 0 aliphatic carbocycles. The van der Waals surface area contributed by atoms with Crippen LogP contribution in [0.3, 0.4) is 0 Å². The lowest BCUT2D eigenvalue weighted by Gasteiger charge is -2.31. The lowest BCUT2D eigenvalue weighted by atomic mass is 9.88. The maximum atomic E-state index is 13.3. The molecule has 0 aliphatic heterocycles. The molecule has 0 fully saturated rings. The summed E-state index contributed by atoms with van der Waals surface area (Å²) in [4.78, 5) is 23.1. The fourth-order valence-corrected chi connectivity index (χ4v) is 3.91. The number of rotatable bonds is 10. The van der Waals surface area contributed by atoms with Crippen molar-refractivity contribution < 1.29 is 32.5 Å². The van der Waals surface area contributed by atoms with Crippen LogP contribution in [-0.2, 0) is 23.1 Å². The first-order valence-electron chi connectivity index (χ1n) is 7.79. The maximum absolute atomic E-state index is 13.3. The molecule has 9 nitrogen and oxygen atoms in total. The van der Waals surface area contributed by atoms with Crippen molar-refractivity contribution >= 4 is 13.7 Å². The van der Waals surface area contributed by atoms with Crippen molar-refractivity contribution in [3.05, 3.63) is 45.8 Å². The van der Waals surface area contributed by atoms with Gasteiger partial charge in [0.05, 0.1) is 20.3 Å². The molecule has 0 aromatic heterocycles. The quantitative estimate of drug-likeness (QED) is 0.280. The number of esters is 1. The van der Waals surface area contributed by atoms with Crippen molar-refractivity contribution in [1.29, 1.82) is 0 Å². The van der Waals surface area contributed by atoms with Gasteiger partial charge >= 0.3 is 19.3 Å². The molecule has 0 heterocycles. The molecule has 11 heteroatoms. The van der Waals surface area contributed by atoms with Gasteiger partial charge in [-0.3, -0.25) is 19.2 Å². The molecule has 146 valence electrons. The summed E-state index contributed by atoms with van der Waals surface area (Å²) < 4.78 is 40.9. The molecule has 0 radical (unpaired) electrons. The van der Waals surface area contributed by atoms with Gasteiger partial charge in [-0.1, -0.05) is 12.1 Å². The summed E-state index contributed by atoms with van der Waals surface area (Å²) in [5, 5.41) is 14.2. The van der Waals surface area contributed by atoms with E-state index in [1.807, 2.05) is 0 Å². The maximum Gasteiger partial charge on any atom is 0.406 e. The number of carbonyl (C=O) groups excluding carboxylic acids is 1. The summed E-state index contributed by atoms with van der Waals surface area (Å²) in [5.74, 6) is -1.75. The Morgan fingerprint density at radius 2 is 1.81 bits per heavy atom. The van der Waals surface area contributed by atoms with E-state index in [0.717, 1.165) is 26.2 Å². The minimum Gasteiger partial charge on any atom is -0.464 e. The summed E-state index contributed by atoms with van der Waals surface area (Å²) >= 11 is 0. The fourth-order valence-electron chi connectivity index (χ4n) is 2.29. The van der Waals surface area contributed by atoms with Crippen molar-refractivity contribution in [2.75, 3.05) is 20.3 Å². The Kier molecular flexibility index (Phi) is 7.83. The average molecular weight is 392 g/mol. The number of benzene rings is 1. The van der Waals surface area contributed by atoms with Gasteiger partial charge in [0.15, 0.2) is 0 Å². The molecule has 0 bridgehead atoms. The highest BCUT2D eigenvalue weighted by atomic mass is 31.2. The van der Waals surface area contributed by atoms with Crippen LogP contribution in [0.2, 0.25) is 0 Å². The van der Waals surface area contributed by atoms with Crippen LogP contribution in [0.15, 0.2) is 24.3 Å². The molecule has 0 saturated carbocycles. The zero-order valence-corrected chi connectivity index (χ0v) is 15.8. The van der Waals surface area contributed by atoms with Crippen molar-refractivity contribution in [3.8, 4) is 0 Å². The van der Waals surface area contributed by atoms with E-state index in [1.165, 1.54) is 12.1 Å². The molecule has 0 spiro atoms. The third-order valence-electron chi connectivity index (χ3n) is 3.63. The first-order chi connectivity index (χ1) is 12.1. The molecule has 0 aliphatic rings. The van der Waals surface area contributed by atoms with Gasteiger partial charge in [-0.2, -0.15) is 0 Å². The molecule has 1 rings (SSSR count). The Morgan fingerprint density at radius 1 is 1.31 bits per heavy atom. The van der Waals surface area contributed by atoms with Gasteiger partial charge in [0.1, 0.15) is 11.9 Å². The van der Waals surface area contributed by atoms with Crippen LogP contribution in [0.4, 0.5) is 4.39 Å². The lowest BCUT2D eigenvalue weighted by Crippen LogP contribution is -2.53. The van der Waals surface area contributed by atoms with E-state index in [2.05, 4.69) is 9.82 Å². The zero-order chi connectivity index (χ0) is 20.0. The summed E-state index contributed by atoms with van der Waals surface area (Å²) in [6.45, 7) is 4.13. The summed E-state index contributed by atoms with van der Waals surface area (Å²) in [6.07, 6.45) is 0. The van der Waals surface area contributed by atoms with E-state index < -0.39 is 36.0 Å². The first kappa shape index (κ1) is 22.2. The zero-order valence-electron chi connectivity index (χ0n) is 14.9. The van der Waals surface area contributed by atoms with Gasteiger partial charge in [0.25, 0.3) is 0 Å². The van der Waals surface area contributed by atoms with Crippen molar-refractivity contribution in [2.24, 2.45) is 0 Å². The third kappa shape index (κ3) is 4.85. The number of ether oxygens (including phenoxy) is 1. The summed E-state index contributed by atoms with van der Waals surface area (Å²) in [6, 6.07) is 3.12. The van der Waals surface area contributed by atoms with Crippen LogP contribution in [0, 0.1) is 15.9 Å². The number of methoxy groups -OCH3 is 1. The predicted octanol–water partition coefficient (Wildman–Crippen LogP) is 2.85. The number of hydrogen-bond acceptors (Lipinski definition) is 7. The monoisotopic (exact) mass is 392 g/mol. The standard InChI is InChI=1S/C15H22FN2O7P/c1-5-24-26(22,25-6-2)17-13(11-7-9-12(16)10-8-11)15(3,18(20)21)14(19)23-4/h7-10,13H,5-6H2,1-4H3,(H,17,22)/t13-,15-/m0/s1. The van der Waals surface area contributed by atoms with Crippen molar-refractivity contribution in [2.45, 2.75) is 32.4 Å². The normalized spacial score (nSPS) is 15.1. The summed E-state index contributed by atoms with van der Waals surface area (Å²) in [7, 11) is -3.00. The van der Waals surface area contributed by atoms with Crippen LogP contribution in [0.25, 0.3) is 0 Å². The molecule has 0 amide bonds. The Labute approximate surface area is 150 Å². The highest BCUT2D eigenvalue weighted by Gasteiger charge is 2.57. The van der Waals surface area contributed by atoms with E-state index in [1.54, 1.807) is 13.8 Å². The van der Waals surface area contributed by atoms with E-state index >= 15 is 0 Å². The Hall–Kier alpha value is -1.87. The Balaban J connectivity index is 3.51. The van der Waals surface area contributed by atoms with Gasteiger partial charge < -0.3 is 4.74 Å². The molecule has 1 aromatic rings. The first-order valence-corrected chi connectivity index (χ1v) is 9.34. The molecule has 1 aromatic carbocycles. The largest absolute Gasteiger partial charge is 0.464 e. The second-order valence-corrected chi connectivity index (χ2v) is 7.11. The van der Waals surface area contributed by atoms with Crippen LogP contribution in [0.1, 0.15) is 32.4 Å². The minimum absolute atomic E-state index is 0.00613. The highest BCUT2D eigenvalue weighted by Crippen LogP contribution is 2.48. The predicted molar refractivity (Wildman–Crippen MR) is 90.6 cm³/mol. The van der Waals surface area contributed by atoms with Crippen LogP contribution in [-0.4, -0.2) is 36.8 Å². The van der Waals surface area contributed by atoms with E-state index in [-0.39, 0.29) is 18.8 Å². The van der Waals surface area contributed by atoms with Crippen LogP contribution >= 0.6 is 7.75 Å². The molecule has 0 saturated heterocycles. The second-order valence-electron chi connectivity index (χ2n) is 5.34. The molecule has 1 N–H and O–H groups in total. The van der Waals surface area contributed by atoms with Gasteiger partial charge in [-0.15, -0.1) is 0 Å². The smallest absolute Gasteiger partial charge is 0.406 e. The molecule has 26 heavy (non-hydrogen) atoms. The second kappa shape index (κ2) is 9.18. The SMILES string of the molecule is CCOP(=O)(N[C@@H](c1ccc(F)cc1)[C@@](C)(C(=O)OC)[N+](=O)[O-])OCC. The van der Waals surface area contributed by atoms with Gasteiger partial charge in [0.2, 0.25) is 0 Å². The number of nitro groups is 1. The number of nitrogens with zero attached hydrogens (tertiary/aromatic N) is 1. The van der Waals surface area contributed by atoms with Crippen LogP contribution < -0.4 is 5.09 Å². The third-order valence-corrected chi connectivity index (χ3v) is 5.40. The number of carbonyl (C=O) groups is 1. The topological polar surface area (TPSA) is 117 Å². The summed E-state index contributed by atoms with van der Waals surface area (Å²) in [5.41, 5.74) is -2.24. The van der Waals surface area contributed by atoms with E-state index in [0.29, 0.717) is 0 Å². The van der Waals surface area contributed by atoms with E-state index in [9.17, 15) is 23.9 Å². The van der Waals surface area contributed by atoms with Gasteiger partial charge in [-0.05, 0) is 31.5 Å². The number of halogens is 1. The molecule has 0 unspecified atom stereocenters. The van der Waals surface area contributed by atoms with Gasteiger partial charge in [-0.25, -0.2) is 18.8 Å². The van der Waals surface area contributed by atoms with Gasteiger partial charge in [0, 0.05) is 11.8 Å². The number of hydrogen-bond donors (Lipinski definition) is 1. The fraction of sp³-hybridized carbons (Fsp3) is 0.533. The van der Waals surface area contributed by atoms with Crippen LogP contribution in [0.5, 0.6) is 0 Å². The Morgan fingerprint density at radius 3 is 2.19 bits per heavy atom. The Bertz CT molecular complexity index is 675. The number of nitrogens with one attached hydrogen (secondary N) is 1. The van der Waals surface area contributed by atoms with E-state index in [4.69, 9.17) is 9.05 Å². The highest BCUT2D eigenvalue weighted by molar-refractivity contribution is 7.51. The minimum atomic E-state index is -4.00. The van der Waals surface area contributed by atoms with Crippen molar-refractivity contribution in [1.82, 2.24) is 5.09 Å². The molecular formula is C15H22FN2O7P. The van der Waals surface area contributed by atoms with Crippen molar-refractivity contribution in [3.63, 3.8) is 0 Å². The molecular weight excluding hydrogens is 370 g/mol. The molecule has 2 atom stereocenters. The average Bonchev–Trinajstić information content (AvgIpc) is 2.59. The lowest BCUT2D eigenvalue weighted by molar-refractivity contribution is -0.556.